The fraction of sp³-hybridized carbons (Fsp3) is 0.267. The highest BCUT2D eigenvalue weighted by Crippen LogP contribution is 2.24. The van der Waals surface area contributed by atoms with Gasteiger partial charge in [0.25, 0.3) is 14.4 Å². The van der Waals surface area contributed by atoms with Crippen LogP contribution in [-0.4, -0.2) is 28.9 Å². The molecular formula is C15H16N4O3S2. The van der Waals surface area contributed by atoms with Crippen LogP contribution in [0, 0.1) is 5.41 Å². The Morgan fingerprint density at radius 2 is 1.88 bits per heavy atom. The molecule has 9 heteroatoms. The molecule has 7 nitrogen and oxygen atoms in total. The number of hydrogen-bond donors (Lipinski definition) is 1. The summed E-state index contributed by atoms with van der Waals surface area (Å²) >= 11 is 0.910. The quantitative estimate of drug-likeness (QED) is 0.770. The normalized spacial score (nSPS) is 12.5. The van der Waals surface area contributed by atoms with E-state index in [9.17, 15) is 13.2 Å². The summed E-state index contributed by atoms with van der Waals surface area (Å²) in [6, 6.07) is 9.52. The molecule has 0 radical (unpaired) electrons. The average Bonchev–Trinajstić information content (AvgIpc) is 3.05. The molecule has 0 fully saturated rings. The maximum absolute atomic E-state index is 12.3. The summed E-state index contributed by atoms with van der Waals surface area (Å²) < 4.78 is 27.8. The van der Waals surface area contributed by atoms with Crippen molar-refractivity contribution in [2.24, 2.45) is 5.41 Å². The van der Waals surface area contributed by atoms with Crippen LogP contribution >= 0.6 is 11.3 Å². The second kappa shape index (κ2) is 5.67. The first-order valence-corrected chi connectivity index (χ1v) is 9.46. The van der Waals surface area contributed by atoms with Crippen molar-refractivity contribution >= 4 is 32.2 Å². The van der Waals surface area contributed by atoms with Crippen molar-refractivity contribution in [3.05, 3.63) is 36.5 Å². The lowest BCUT2D eigenvalue weighted by atomic mass is 9.96. The van der Waals surface area contributed by atoms with Gasteiger partial charge in [-0.05, 0) is 0 Å². The SMILES string of the molecule is CC(C)(C)C(=O)NS(=O)(=O)c1nn2cc(-c3ccccc3)nc2s1. The zero-order valence-electron chi connectivity index (χ0n) is 13.3. The van der Waals surface area contributed by atoms with Crippen molar-refractivity contribution < 1.29 is 13.2 Å². The molecule has 0 aliphatic heterocycles. The highest BCUT2D eigenvalue weighted by atomic mass is 32.2. The molecule has 24 heavy (non-hydrogen) atoms. The maximum atomic E-state index is 12.3. The van der Waals surface area contributed by atoms with E-state index in [-0.39, 0.29) is 4.34 Å². The fourth-order valence-corrected chi connectivity index (χ4v) is 4.09. The third-order valence-electron chi connectivity index (χ3n) is 3.23. The molecule has 0 aliphatic rings. The van der Waals surface area contributed by atoms with Gasteiger partial charge in [-0.15, -0.1) is 5.10 Å². The lowest BCUT2D eigenvalue weighted by molar-refractivity contribution is -0.126. The second-order valence-electron chi connectivity index (χ2n) is 6.27. The topological polar surface area (TPSA) is 93.4 Å². The highest BCUT2D eigenvalue weighted by molar-refractivity contribution is 7.92. The third kappa shape index (κ3) is 3.17. The van der Waals surface area contributed by atoms with Crippen LogP contribution in [-0.2, 0) is 14.8 Å². The summed E-state index contributed by atoms with van der Waals surface area (Å²) in [6.07, 6.45) is 1.66. The molecule has 0 aliphatic carbocycles. The largest absolute Gasteiger partial charge is 0.293 e. The molecule has 0 unspecified atom stereocenters. The van der Waals surface area contributed by atoms with Crippen LogP contribution in [0.2, 0.25) is 0 Å². The number of amides is 1. The Labute approximate surface area is 143 Å². The van der Waals surface area contributed by atoms with Crippen molar-refractivity contribution in [3.8, 4) is 11.3 Å². The van der Waals surface area contributed by atoms with E-state index in [1.165, 1.54) is 4.52 Å². The average molecular weight is 364 g/mol. The van der Waals surface area contributed by atoms with Crippen LogP contribution in [0.4, 0.5) is 0 Å². The minimum atomic E-state index is -4.00. The fourth-order valence-electron chi connectivity index (χ4n) is 1.86. The van der Waals surface area contributed by atoms with E-state index in [0.29, 0.717) is 10.7 Å². The summed E-state index contributed by atoms with van der Waals surface area (Å²) in [5, 5.41) is 4.04. The molecular weight excluding hydrogens is 348 g/mol. The number of aromatic nitrogens is 3. The van der Waals surface area contributed by atoms with Crippen LogP contribution in [0.1, 0.15) is 20.8 Å². The molecule has 2 aromatic heterocycles. The van der Waals surface area contributed by atoms with Crippen LogP contribution in [0.3, 0.4) is 0 Å². The van der Waals surface area contributed by atoms with Gasteiger partial charge in [0.2, 0.25) is 10.9 Å². The first-order chi connectivity index (χ1) is 11.2. The Bertz CT molecular complexity index is 967. The van der Waals surface area contributed by atoms with Crippen LogP contribution in [0.15, 0.2) is 40.9 Å². The van der Waals surface area contributed by atoms with Crippen molar-refractivity contribution in [1.82, 2.24) is 19.3 Å². The minimum Gasteiger partial charge on any atom is -0.273 e. The third-order valence-corrected chi connectivity index (χ3v) is 5.85. The summed E-state index contributed by atoms with van der Waals surface area (Å²) in [5.41, 5.74) is 0.808. The molecule has 3 rings (SSSR count). The first-order valence-electron chi connectivity index (χ1n) is 7.16. The minimum absolute atomic E-state index is 0.192. The molecule has 0 saturated heterocycles. The molecule has 3 aromatic rings. The number of benzene rings is 1. The van der Waals surface area contributed by atoms with E-state index < -0.39 is 21.3 Å². The summed E-state index contributed by atoms with van der Waals surface area (Å²) in [5.74, 6) is -0.583. The van der Waals surface area contributed by atoms with Crippen LogP contribution in [0.25, 0.3) is 16.2 Å². The molecule has 1 N–H and O–H groups in total. The number of imidazole rings is 1. The Kier molecular flexibility index (Phi) is 3.92. The summed E-state index contributed by atoms with van der Waals surface area (Å²) in [6.45, 7) is 4.91. The number of sulfonamides is 1. The number of nitrogens with zero attached hydrogens (tertiary/aromatic N) is 3. The molecule has 2 heterocycles. The van der Waals surface area contributed by atoms with E-state index in [1.54, 1.807) is 27.0 Å². The monoisotopic (exact) mass is 364 g/mol. The Balaban J connectivity index is 1.92. The molecule has 1 aromatic carbocycles. The van der Waals surface area contributed by atoms with E-state index in [1.807, 2.05) is 35.1 Å². The van der Waals surface area contributed by atoms with Gasteiger partial charge in [0.15, 0.2) is 0 Å². The molecule has 0 spiro atoms. The first kappa shape index (κ1) is 16.6. The van der Waals surface area contributed by atoms with Gasteiger partial charge < -0.3 is 0 Å². The van der Waals surface area contributed by atoms with Crippen molar-refractivity contribution in [2.75, 3.05) is 0 Å². The zero-order valence-corrected chi connectivity index (χ0v) is 15.0. The van der Waals surface area contributed by atoms with E-state index in [0.717, 1.165) is 16.9 Å². The molecule has 0 atom stereocenters. The Morgan fingerprint density at radius 1 is 1.21 bits per heavy atom. The number of carbonyl (C=O) groups is 1. The molecule has 126 valence electrons. The van der Waals surface area contributed by atoms with Gasteiger partial charge in [-0.25, -0.2) is 14.2 Å². The van der Waals surface area contributed by atoms with Gasteiger partial charge in [-0.1, -0.05) is 62.4 Å². The summed E-state index contributed by atoms with van der Waals surface area (Å²) in [7, 11) is -4.00. The second-order valence-corrected chi connectivity index (χ2v) is 9.08. The van der Waals surface area contributed by atoms with Gasteiger partial charge in [0.05, 0.1) is 11.9 Å². The lowest BCUT2D eigenvalue weighted by Gasteiger charge is -2.16. The smallest absolute Gasteiger partial charge is 0.273 e. The van der Waals surface area contributed by atoms with Crippen molar-refractivity contribution in [3.63, 3.8) is 0 Å². The number of fused-ring (bicyclic) bond motifs is 1. The lowest BCUT2D eigenvalue weighted by Crippen LogP contribution is -2.38. The molecule has 0 bridgehead atoms. The summed E-state index contributed by atoms with van der Waals surface area (Å²) in [4.78, 5) is 16.7. The predicted molar refractivity (Wildman–Crippen MR) is 91.1 cm³/mol. The molecule has 0 saturated carbocycles. The van der Waals surface area contributed by atoms with Crippen LogP contribution in [0.5, 0.6) is 0 Å². The number of hydrogen-bond acceptors (Lipinski definition) is 6. The zero-order chi connectivity index (χ0) is 17.5. The van der Waals surface area contributed by atoms with E-state index >= 15 is 0 Å². The number of rotatable bonds is 3. The van der Waals surface area contributed by atoms with Gasteiger partial charge in [-0.2, -0.15) is 8.42 Å². The van der Waals surface area contributed by atoms with Gasteiger partial charge >= 0.3 is 0 Å². The molecule has 1 amide bonds. The van der Waals surface area contributed by atoms with Crippen molar-refractivity contribution in [1.29, 1.82) is 0 Å². The van der Waals surface area contributed by atoms with Gasteiger partial charge in [-0.3, -0.25) is 4.79 Å². The maximum Gasteiger partial charge on any atom is 0.293 e. The number of carbonyl (C=O) groups excluding carboxylic acids is 1. The Hall–Kier alpha value is -2.26. The van der Waals surface area contributed by atoms with E-state index in [4.69, 9.17) is 0 Å². The predicted octanol–water partition coefficient (Wildman–Crippen LogP) is 2.31. The Morgan fingerprint density at radius 3 is 2.46 bits per heavy atom. The van der Waals surface area contributed by atoms with E-state index in [2.05, 4.69) is 10.1 Å². The number of nitrogens with one attached hydrogen (secondary N) is 1. The highest BCUT2D eigenvalue weighted by Gasteiger charge is 2.29. The van der Waals surface area contributed by atoms with Crippen LogP contribution < -0.4 is 4.72 Å². The van der Waals surface area contributed by atoms with Gasteiger partial charge in [0.1, 0.15) is 0 Å². The van der Waals surface area contributed by atoms with Gasteiger partial charge in [0, 0.05) is 11.0 Å². The van der Waals surface area contributed by atoms with Crippen molar-refractivity contribution in [2.45, 2.75) is 25.1 Å². The standard InChI is InChI=1S/C15H16N4O3S2/c1-15(2,3)12(20)18-24(21,22)14-17-19-9-11(16-13(19)23-14)10-7-5-4-6-8-10/h4-9H,1-3H3,(H,18,20).